The maximum absolute atomic E-state index is 5.86. The summed E-state index contributed by atoms with van der Waals surface area (Å²) in [6, 6.07) is 17.9. The van der Waals surface area contributed by atoms with Crippen molar-refractivity contribution < 1.29 is 9.47 Å². The lowest BCUT2D eigenvalue weighted by Gasteiger charge is -2.12. The number of ether oxygens (including phenoxy) is 2. The zero-order chi connectivity index (χ0) is 14.8. The van der Waals surface area contributed by atoms with Crippen molar-refractivity contribution >= 4 is 12.4 Å². The molecule has 0 atom stereocenters. The van der Waals surface area contributed by atoms with Crippen LogP contribution in [0.15, 0.2) is 54.6 Å². The van der Waals surface area contributed by atoms with Crippen LogP contribution in [0.3, 0.4) is 0 Å². The van der Waals surface area contributed by atoms with Gasteiger partial charge in [0.05, 0.1) is 6.61 Å². The van der Waals surface area contributed by atoms with E-state index in [-0.39, 0.29) is 12.4 Å². The van der Waals surface area contributed by atoms with Gasteiger partial charge in [0.1, 0.15) is 6.61 Å². The predicted octanol–water partition coefficient (Wildman–Crippen LogP) is 4.20. The van der Waals surface area contributed by atoms with E-state index in [9.17, 15) is 0 Å². The average Bonchev–Trinajstić information content (AvgIpc) is 2.55. The second-order valence-electron chi connectivity index (χ2n) is 4.92. The summed E-state index contributed by atoms with van der Waals surface area (Å²) >= 11 is 0. The van der Waals surface area contributed by atoms with Gasteiger partial charge in [0.15, 0.2) is 11.5 Å². The monoisotopic (exact) mass is 321 g/mol. The summed E-state index contributed by atoms with van der Waals surface area (Å²) in [7, 11) is 0. The first-order chi connectivity index (χ1) is 10.4. The van der Waals surface area contributed by atoms with Crippen molar-refractivity contribution in [3.05, 3.63) is 60.2 Å². The molecule has 0 aliphatic heterocycles. The highest BCUT2D eigenvalue weighted by molar-refractivity contribution is 5.85. The smallest absolute Gasteiger partial charge is 0.161 e. The second kappa shape index (κ2) is 10.9. The highest BCUT2D eigenvalue weighted by Crippen LogP contribution is 2.27. The lowest BCUT2D eigenvalue weighted by atomic mass is 10.2. The van der Waals surface area contributed by atoms with Gasteiger partial charge in [-0.25, -0.2) is 0 Å². The summed E-state index contributed by atoms with van der Waals surface area (Å²) in [5.41, 5.74) is 6.63. The summed E-state index contributed by atoms with van der Waals surface area (Å²) in [5.74, 6) is 1.60. The number of rotatable bonds is 9. The molecule has 0 amide bonds. The largest absolute Gasteiger partial charge is 0.490 e. The molecule has 0 saturated heterocycles. The van der Waals surface area contributed by atoms with Crippen molar-refractivity contribution in [2.24, 2.45) is 5.73 Å². The summed E-state index contributed by atoms with van der Waals surface area (Å²) in [6.45, 7) is 2.00. The molecular weight excluding hydrogens is 298 g/mol. The third-order valence-electron chi connectivity index (χ3n) is 3.19. The Hall–Kier alpha value is -1.71. The van der Waals surface area contributed by atoms with Crippen LogP contribution in [0.1, 0.15) is 24.8 Å². The maximum atomic E-state index is 5.86. The van der Waals surface area contributed by atoms with Gasteiger partial charge in [-0.3, -0.25) is 0 Å². The van der Waals surface area contributed by atoms with Crippen molar-refractivity contribution in [2.75, 3.05) is 13.2 Å². The zero-order valence-corrected chi connectivity index (χ0v) is 13.6. The number of para-hydroxylation sites is 2. The number of hydrogen-bond donors (Lipinski definition) is 1. The van der Waals surface area contributed by atoms with Crippen molar-refractivity contribution in [2.45, 2.75) is 25.9 Å². The number of nitrogens with two attached hydrogens (primary N) is 1. The first-order valence-corrected chi connectivity index (χ1v) is 7.49. The zero-order valence-electron chi connectivity index (χ0n) is 12.7. The van der Waals surface area contributed by atoms with Gasteiger partial charge in [-0.05, 0) is 43.5 Å². The number of benzene rings is 2. The van der Waals surface area contributed by atoms with Crippen LogP contribution >= 0.6 is 12.4 Å². The second-order valence-corrected chi connectivity index (χ2v) is 4.92. The molecule has 0 unspecified atom stereocenters. The van der Waals surface area contributed by atoms with Gasteiger partial charge in [-0.1, -0.05) is 42.5 Å². The van der Waals surface area contributed by atoms with E-state index in [1.165, 1.54) is 0 Å². The normalized spacial score (nSPS) is 9.86. The van der Waals surface area contributed by atoms with E-state index in [2.05, 4.69) is 12.1 Å². The Morgan fingerprint density at radius 3 is 2.05 bits per heavy atom. The fourth-order valence-corrected chi connectivity index (χ4v) is 2.03. The van der Waals surface area contributed by atoms with Gasteiger partial charge in [-0.15, -0.1) is 12.4 Å². The van der Waals surface area contributed by atoms with E-state index in [0.29, 0.717) is 13.2 Å². The maximum Gasteiger partial charge on any atom is 0.161 e. The van der Waals surface area contributed by atoms with Crippen LogP contribution in [-0.2, 0) is 6.61 Å². The van der Waals surface area contributed by atoms with Crippen LogP contribution < -0.4 is 15.2 Å². The molecule has 2 rings (SSSR count). The van der Waals surface area contributed by atoms with Crippen LogP contribution in [0.2, 0.25) is 0 Å². The number of unbranched alkanes of at least 4 members (excludes halogenated alkanes) is 2. The molecule has 4 heteroatoms. The van der Waals surface area contributed by atoms with Crippen molar-refractivity contribution in [1.29, 1.82) is 0 Å². The Labute approximate surface area is 138 Å². The molecule has 0 aliphatic rings. The van der Waals surface area contributed by atoms with Crippen LogP contribution in [0.25, 0.3) is 0 Å². The molecule has 0 spiro atoms. The molecule has 0 aliphatic carbocycles. The molecule has 120 valence electrons. The lowest BCUT2D eigenvalue weighted by Crippen LogP contribution is -2.03. The molecule has 0 heterocycles. The molecule has 0 radical (unpaired) electrons. The Kier molecular flexibility index (Phi) is 9.12. The van der Waals surface area contributed by atoms with Gasteiger partial charge in [0.2, 0.25) is 0 Å². The van der Waals surface area contributed by atoms with E-state index in [4.69, 9.17) is 15.2 Å². The van der Waals surface area contributed by atoms with E-state index < -0.39 is 0 Å². The van der Waals surface area contributed by atoms with Gasteiger partial charge < -0.3 is 15.2 Å². The van der Waals surface area contributed by atoms with Crippen molar-refractivity contribution in [3.63, 3.8) is 0 Å². The molecule has 2 aromatic rings. The third-order valence-corrected chi connectivity index (χ3v) is 3.19. The van der Waals surface area contributed by atoms with E-state index >= 15 is 0 Å². The lowest BCUT2D eigenvalue weighted by molar-refractivity contribution is 0.257. The van der Waals surface area contributed by atoms with E-state index in [1.807, 2.05) is 42.5 Å². The van der Waals surface area contributed by atoms with Crippen LogP contribution in [0, 0.1) is 0 Å². The standard InChI is InChI=1S/C18H23NO2.ClH/c19-13-7-2-8-14-20-17-11-5-6-12-18(17)21-15-16-9-3-1-4-10-16;/h1,3-6,9-12H,2,7-8,13-15,19H2;1H. The first kappa shape index (κ1) is 18.3. The Morgan fingerprint density at radius 1 is 0.727 bits per heavy atom. The minimum Gasteiger partial charge on any atom is -0.490 e. The van der Waals surface area contributed by atoms with E-state index in [0.717, 1.165) is 42.9 Å². The topological polar surface area (TPSA) is 44.5 Å². The summed E-state index contributed by atoms with van der Waals surface area (Å²) in [5, 5.41) is 0. The predicted molar refractivity (Wildman–Crippen MR) is 92.9 cm³/mol. The average molecular weight is 322 g/mol. The van der Waals surface area contributed by atoms with Gasteiger partial charge >= 0.3 is 0 Å². The van der Waals surface area contributed by atoms with Gasteiger partial charge in [0, 0.05) is 0 Å². The molecule has 0 saturated carbocycles. The molecule has 2 N–H and O–H groups in total. The fourth-order valence-electron chi connectivity index (χ4n) is 2.03. The third kappa shape index (κ3) is 6.37. The number of hydrogen-bond acceptors (Lipinski definition) is 3. The van der Waals surface area contributed by atoms with Crippen LogP contribution in [-0.4, -0.2) is 13.2 Å². The highest BCUT2D eigenvalue weighted by Gasteiger charge is 2.04. The molecule has 3 nitrogen and oxygen atoms in total. The molecular formula is C18H24ClNO2. The molecule has 0 aromatic heterocycles. The quantitative estimate of drug-likeness (QED) is 0.704. The van der Waals surface area contributed by atoms with Gasteiger partial charge in [0.25, 0.3) is 0 Å². The molecule has 0 bridgehead atoms. The minimum atomic E-state index is 0. The van der Waals surface area contributed by atoms with Crippen molar-refractivity contribution in [3.8, 4) is 11.5 Å². The molecule has 22 heavy (non-hydrogen) atoms. The highest BCUT2D eigenvalue weighted by atomic mass is 35.5. The summed E-state index contributed by atoms with van der Waals surface area (Å²) in [6.07, 6.45) is 3.17. The summed E-state index contributed by atoms with van der Waals surface area (Å²) < 4.78 is 11.7. The van der Waals surface area contributed by atoms with Crippen LogP contribution in [0.5, 0.6) is 11.5 Å². The van der Waals surface area contributed by atoms with Crippen molar-refractivity contribution in [1.82, 2.24) is 0 Å². The fraction of sp³-hybridized carbons (Fsp3) is 0.333. The Morgan fingerprint density at radius 2 is 1.36 bits per heavy atom. The Bertz CT molecular complexity index is 520. The summed E-state index contributed by atoms with van der Waals surface area (Å²) in [4.78, 5) is 0. The molecule has 0 fully saturated rings. The number of halogens is 1. The SMILES string of the molecule is Cl.NCCCCCOc1ccccc1OCc1ccccc1. The van der Waals surface area contributed by atoms with Gasteiger partial charge in [-0.2, -0.15) is 0 Å². The first-order valence-electron chi connectivity index (χ1n) is 7.49. The Balaban J connectivity index is 0.00000242. The van der Waals surface area contributed by atoms with E-state index in [1.54, 1.807) is 0 Å². The van der Waals surface area contributed by atoms with Crippen LogP contribution in [0.4, 0.5) is 0 Å². The molecule has 2 aromatic carbocycles. The minimum absolute atomic E-state index is 0.